The maximum atomic E-state index is 13.2. The molecule has 0 aliphatic carbocycles. The van der Waals surface area contributed by atoms with Crippen molar-refractivity contribution in [1.29, 1.82) is 0 Å². The highest BCUT2D eigenvalue weighted by Crippen LogP contribution is 2.37. The first-order valence-corrected chi connectivity index (χ1v) is 12.5. The van der Waals surface area contributed by atoms with E-state index in [1.165, 1.54) is 20.5 Å². The Bertz CT molecular complexity index is 905. The minimum Gasteiger partial charge on any atom is -0.335 e. The quantitative estimate of drug-likeness (QED) is 0.748. The van der Waals surface area contributed by atoms with Gasteiger partial charge in [-0.05, 0) is 56.2 Å². The number of rotatable bonds is 4. The molecule has 2 aliphatic rings. The highest BCUT2D eigenvalue weighted by Gasteiger charge is 2.39. The summed E-state index contributed by atoms with van der Waals surface area (Å²) in [6.45, 7) is 3.47. The van der Waals surface area contributed by atoms with Gasteiger partial charge in [-0.2, -0.15) is 4.31 Å². The minimum atomic E-state index is -3.50. The van der Waals surface area contributed by atoms with E-state index in [1.54, 1.807) is 17.4 Å². The molecule has 2 aliphatic heterocycles. The SMILES string of the molecule is Cc1ccc(S(=O)(=O)N2CCCC(C(=O)N3CCCC3c3cccs3)C2)s1. The number of sulfonamides is 1. The van der Waals surface area contributed by atoms with Crippen molar-refractivity contribution in [1.82, 2.24) is 9.21 Å². The summed E-state index contributed by atoms with van der Waals surface area (Å²) < 4.78 is 27.8. The van der Waals surface area contributed by atoms with Crippen LogP contribution in [0.3, 0.4) is 0 Å². The molecule has 2 unspecified atom stereocenters. The average molecular weight is 425 g/mol. The van der Waals surface area contributed by atoms with E-state index in [0.29, 0.717) is 17.3 Å². The van der Waals surface area contributed by atoms with Crippen molar-refractivity contribution in [2.75, 3.05) is 19.6 Å². The average Bonchev–Trinajstić information content (AvgIpc) is 3.41. The molecule has 146 valence electrons. The Labute approximate surface area is 168 Å². The van der Waals surface area contributed by atoms with E-state index in [2.05, 4.69) is 6.07 Å². The molecule has 2 aromatic heterocycles. The van der Waals surface area contributed by atoms with Gasteiger partial charge in [-0.3, -0.25) is 4.79 Å². The Morgan fingerprint density at radius 3 is 2.67 bits per heavy atom. The van der Waals surface area contributed by atoms with E-state index in [0.717, 1.165) is 37.1 Å². The number of amides is 1. The van der Waals surface area contributed by atoms with Crippen LogP contribution < -0.4 is 0 Å². The van der Waals surface area contributed by atoms with Gasteiger partial charge >= 0.3 is 0 Å². The van der Waals surface area contributed by atoms with Gasteiger partial charge < -0.3 is 4.90 Å². The second kappa shape index (κ2) is 7.66. The molecule has 1 amide bonds. The van der Waals surface area contributed by atoms with Gasteiger partial charge in [-0.25, -0.2) is 8.42 Å². The zero-order chi connectivity index (χ0) is 19.0. The number of aryl methyl sites for hydroxylation is 1. The van der Waals surface area contributed by atoms with Gasteiger partial charge in [0.2, 0.25) is 5.91 Å². The number of nitrogens with zero attached hydrogens (tertiary/aromatic N) is 2. The normalized spacial score (nSPS) is 24.4. The van der Waals surface area contributed by atoms with Gasteiger partial charge in [0.25, 0.3) is 10.0 Å². The van der Waals surface area contributed by atoms with Gasteiger partial charge in [-0.1, -0.05) is 6.07 Å². The maximum absolute atomic E-state index is 13.2. The molecule has 5 nitrogen and oxygen atoms in total. The predicted molar refractivity (Wildman–Crippen MR) is 109 cm³/mol. The second-order valence-electron chi connectivity index (χ2n) is 7.27. The standard InChI is InChI=1S/C19H24N2O3S3/c1-14-8-9-18(26-14)27(23,24)20-10-2-5-15(13-20)19(22)21-11-3-6-16(21)17-7-4-12-25-17/h4,7-9,12,15-16H,2-3,5-6,10-11,13H2,1H3. The Hall–Kier alpha value is -1.22. The maximum Gasteiger partial charge on any atom is 0.252 e. The summed E-state index contributed by atoms with van der Waals surface area (Å²) in [5.74, 6) is -0.122. The fourth-order valence-electron chi connectivity index (χ4n) is 4.08. The fourth-order valence-corrected chi connectivity index (χ4v) is 7.92. The van der Waals surface area contributed by atoms with Crippen molar-refractivity contribution in [3.63, 3.8) is 0 Å². The molecule has 0 saturated carbocycles. The summed E-state index contributed by atoms with van der Waals surface area (Å²) in [5, 5.41) is 2.05. The molecule has 0 radical (unpaired) electrons. The summed E-state index contributed by atoms with van der Waals surface area (Å²) in [6.07, 6.45) is 3.51. The second-order valence-corrected chi connectivity index (χ2v) is 11.7. The monoisotopic (exact) mass is 424 g/mol. The number of carbonyl (C=O) groups excluding carboxylic acids is 1. The molecule has 4 heterocycles. The summed E-state index contributed by atoms with van der Waals surface area (Å²) in [5.41, 5.74) is 0. The molecule has 8 heteroatoms. The lowest BCUT2D eigenvalue weighted by Gasteiger charge is -2.34. The van der Waals surface area contributed by atoms with Crippen LogP contribution in [0.1, 0.15) is 41.5 Å². The summed E-state index contributed by atoms with van der Waals surface area (Å²) in [4.78, 5) is 17.4. The third-order valence-electron chi connectivity index (χ3n) is 5.45. The third-order valence-corrected chi connectivity index (χ3v) is 9.76. The molecule has 2 fully saturated rings. The summed E-state index contributed by atoms with van der Waals surface area (Å²) in [6, 6.07) is 7.79. The predicted octanol–water partition coefficient (Wildman–Crippen LogP) is 3.88. The van der Waals surface area contributed by atoms with Crippen LogP contribution in [0.2, 0.25) is 0 Å². The number of hydrogen-bond acceptors (Lipinski definition) is 5. The number of carbonyl (C=O) groups is 1. The van der Waals surface area contributed by atoms with Crippen LogP contribution in [0.5, 0.6) is 0 Å². The van der Waals surface area contributed by atoms with E-state index in [1.807, 2.05) is 29.3 Å². The molecule has 0 bridgehead atoms. The largest absolute Gasteiger partial charge is 0.335 e. The van der Waals surface area contributed by atoms with E-state index >= 15 is 0 Å². The molecule has 2 aromatic rings. The van der Waals surface area contributed by atoms with Crippen molar-refractivity contribution in [2.24, 2.45) is 5.92 Å². The van der Waals surface area contributed by atoms with Crippen LogP contribution in [0.4, 0.5) is 0 Å². The zero-order valence-electron chi connectivity index (χ0n) is 15.3. The van der Waals surface area contributed by atoms with Crippen molar-refractivity contribution in [2.45, 2.75) is 42.9 Å². The minimum absolute atomic E-state index is 0.119. The van der Waals surface area contributed by atoms with Crippen LogP contribution in [-0.2, 0) is 14.8 Å². The molecular weight excluding hydrogens is 400 g/mol. The fraction of sp³-hybridized carbons (Fsp3) is 0.526. The molecule has 2 saturated heterocycles. The lowest BCUT2D eigenvalue weighted by molar-refractivity contribution is -0.137. The van der Waals surface area contributed by atoms with Crippen molar-refractivity contribution >= 4 is 38.6 Å². The highest BCUT2D eigenvalue weighted by molar-refractivity contribution is 7.91. The van der Waals surface area contributed by atoms with Crippen LogP contribution in [-0.4, -0.2) is 43.2 Å². The first-order valence-electron chi connectivity index (χ1n) is 9.37. The molecule has 0 N–H and O–H groups in total. The number of piperidine rings is 1. The zero-order valence-corrected chi connectivity index (χ0v) is 17.8. The van der Waals surface area contributed by atoms with Gasteiger partial charge in [0.05, 0.1) is 12.0 Å². The summed E-state index contributed by atoms with van der Waals surface area (Å²) >= 11 is 2.99. The van der Waals surface area contributed by atoms with E-state index in [4.69, 9.17) is 0 Å². The van der Waals surface area contributed by atoms with Crippen LogP contribution >= 0.6 is 22.7 Å². The number of likely N-dealkylation sites (tertiary alicyclic amines) is 1. The van der Waals surface area contributed by atoms with Gasteiger partial charge in [0, 0.05) is 29.4 Å². The molecule has 2 atom stereocenters. The lowest BCUT2D eigenvalue weighted by Crippen LogP contribution is -2.46. The van der Waals surface area contributed by atoms with Crippen molar-refractivity contribution in [3.8, 4) is 0 Å². The Morgan fingerprint density at radius 2 is 1.96 bits per heavy atom. The molecule has 0 spiro atoms. The Balaban J connectivity index is 1.50. The van der Waals surface area contributed by atoms with Crippen molar-refractivity contribution < 1.29 is 13.2 Å². The molecule has 27 heavy (non-hydrogen) atoms. The number of hydrogen-bond donors (Lipinski definition) is 0. The topological polar surface area (TPSA) is 57.7 Å². The van der Waals surface area contributed by atoms with Gasteiger partial charge in [-0.15, -0.1) is 22.7 Å². The molecule has 4 rings (SSSR count). The Kier molecular flexibility index (Phi) is 5.42. The first-order chi connectivity index (χ1) is 13.0. The van der Waals surface area contributed by atoms with Gasteiger partial charge in [0.15, 0.2) is 0 Å². The summed E-state index contributed by atoms with van der Waals surface area (Å²) in [7, 11) is -3.50. The van der Waals surface area contributed by atoms with E-state index < -0.39 is 10.0 Å². The van der Waals surface area contributed by atoms with Gasteiger partial charge in [0.1, 0.15) is 4.21 Å². The van der Waals surface area contributed by atoms with Crippen LogP contribution in [0, 0.1) is 12.8 Å². The number of thiophene rings is 2. The first kappa shape index (κ1) is 19.1. The lowest BCUT2D eigenvalue weighted by atomic mass is 9.97. The van der Waals surface area contributed by atoms with Crippen molar-refractivity contribution in [3.05, 3.63) is 39.4 Å². The highest BCUT2D eigenvalue weighted by atomic mass is 32.2. The van der Waals surface area contributed by atoms with E-state index in [9.17, 15) is 13.2 Å². The Morgan fingerprint density at radius 1 is 1.15 bits per heavy atom. The molecule has 0 aromatic carbocycles. The smallest absolute Gasteiger partial charge is 0.252 e. The van der Waals surface area contributed by atoms with Crippen LogP contribution in [0.15, 0.2) is 33.9 Å². The molecular formula is C19H24N2O3S3. The third kappa shape index (κ3) is 3.72. The van der Waals surface area contributed by atoms with E-state index in [-0.39, 0.29) is 17.9 Å². The van der Waals surface area contributed by atoms with Crippen LogP contribution in [0.25, 0.3) is 0 Å².